The summed E-state index contributed by atoms with van der Waals surface area (Å²) in [4.78, 5) is 25.6. The van der Waals surface area contributed by atoms with Gasteiger partial charge >= 0.3 is 0 Å². The fourth-order valence-corrected chi connectivity index (χ4v) is 1.87. The number of nitro groups is 1. The van der Waals surface area contributed by atoms with E-state index in [9.17, 15) is 14.9 Å². The van der Waals surface area contributed by atoms with E-state index in [1.165, 1.54) is 11.0 Å². The Morgan fingerprint density at radius 1 is 1.43 bits per heavy atom. The molecule has 112 valence electrons. The molecule has 0 fully saturated rings. The van der Waals surface area contributed by atoms with Crippen molar-refractivity contribution < 1.29 is 9.72 Å². The Morgan fingerprint density at radius 3 is 2.52 bits per heavy atom. The van der Waals surface area contributed by atoms with Crippen LogP contribution >= 0.6 is 0 Å². The number of carbonyl (C=O) groups is 1. The van der Waals surface area contributed by atoms with E-state index in [1.54, 1.807) is 38.2 Å². The lowest BCUT2D eigenvalue weighted by Gasteiger charge is -2.25. The first-order valence-corrected chi connectivity index (χ1v) is 6.39. The van der Waals surface area contributed by atoms with Crippen molar-refractivity contribution in [2.75, 3.05) is 26.0 Å². The number of anilines is 1. The number of nitro benzene ring substituents is 1. The first-order chi connectivity index (χ1) is 9.79. The minimum absolute atomic E-state index is 0.144. The molecule has 0 saturated heterocycles. The maximum absolute atomic E-state index is 11.9. The van der Waals surface area contributed by atoms with Crippen molar-refractivity contribution in [2.24, 2.45) is 0 Å². The second-order valence-electron chi connectivity index (χ2n) is 4.98. The van der Waals surface area contributed by atoms with E-state index in [-0.39, 0.29) is 29.6 Å². The van der Waals surface area contributed by atoms with Gasteiger partial charge in [-0.2, -0.15) is 5.26 Å². The second kappa shape index (κ2) is 6.70. The van der Waals surface area contributed by atoms with Crippen LogP contribution in [0.15, 0.2) is 18.2 Å². The lowest BCUT2D eigenvalue weighted by Crippen LogP contribution is -2.29. The molecule has 0 aliphatic rings. The molecule has 0 aromatic heterocycles. The smallest absolute Gasteiger partial charge is 0.293 e. The minimum Gasteiger partial charge on any atom is -0.365 e. The quantitative estimate of drug-likeness (QED) is 0.611. The number of benzene rings is 1. The molecule has 0 radical (unpaired) electrons. The number of amides is 1. The van der Waals surface area contributed by atoms with Gasteiger partial charge in [-0.05, 0) is 19.1 Å². The van der Waals surface area contributed by atoms with Gasteiger partial charge in [-0.15, -0.1) is 0 Å². The van der Waals surface area contributed by atoms with Gasteiger partial charge in [-0.1, -0.05) is 0 Å². The third-order valence-electron chi connectivity index (χ3n) is 3.25. The molecule has 0 aliphatic heterocycles. The highest BCUT2D eigenvalue weighted by atomic mass is 16.6. The Kier molecular flexibility index (Phi) is 5.24. The van der Waals surface area contributed by atoms with Gasteiger partial charge in [-0.25, -0.2) is 0 Å². The van der Waals surface area contributed by atoms with E-state index >= 15 is 0 Å². The largest absolute Gasteiger partial charge is 0.365 e. The van der Waals surface area contributed by atoms with E-state index < -0.39 is 4.92 Å². The number of carbonyl (C=O) groups excluding carboxylic acids is 1. The fraction of sp³-hybridized carbons (Fsp3) is 0.429. The average Bonchev–Trinajstić information content (AvgIpc) is 2.45. The fourth-order valence-electron chi connectivity index (χ4n) is 1.87. The van der Waals surface area contributed by atoms with Crippen molar-refractivity contribution in [1.29, 1.82) is 5.26 Å². The summed E-state index contributed by atoms with van der Waals surface area (Å²) in [6, 6.07) is 6.25. The normalized spacial score (nSPS) is 11.4. The molecule has 0 spiro atoms. The first-order valence-electron chi connectivity index (χ1n) is 6.39. The van der Waals surface area contributed by atoms with Crippen molar-refractivity contribution in [2.45, 2.75) is 19.4 Å². The van der Waals surface area contributed by atoms with Crippen LogP contribution in [-0.2, 0) is 0 Å². The maximum atomic E-state index is 11.9. The summed E-state index contributed by atoms with van der Waals surface area (Å²) in [6.07, 6.45) is 0.256. The SMILES string of the molecule is CC(CC#N)N(C)c1ccc(C(=O)N(C)C)cc1[N+](=O)[O-]. The van der Waals surface area contributed by atoms with E-state index in [2.05, 4.69) is 0 Å². The molecule has 0 bridgehead atoms. The number of hydrogen-bond donors (Lipinski definition) is 0. The average molecular weight is 290 g/mol. The zero-order valence-electron chi connectivity index (χ0n) is 12.5. The Labute approximate surface area is 123 Å². The maximum Gasteiger partial charge on any atom is 0.293 e. The van der Waals surface area contributed by atoms with Crippen LogP contribution in [0.1, 0.15) is 23.7 Å². The van der Waals surface area contributed by atoms with Gasteiger partial charge < -0.3 is 9.80 Å². The van der Waals surface area contributed by atoms with Crippen LogP contribution in [0.3, 0.4) is 0 Å². The topological polar surface area (TPSA) is 90.5 Å². The lowest BCUT2D eigenvalue weighted by atomic mass is 10.1. The zero-order valence-corrected chi connectivity index (χ0v) is 12.5. The molecule has 7 heteroatoms. The van der Waals surface area contributed by atoms with Gasteiger partial charge in [0.2, 0.25) is 0 Å². The van der Waals surface area contributed by atoms with E-state index in [0.717, 1.165) is 0 Å². The van der Waals surface area contributed by atoms with Crippen LogP contribution in [0.5, 0.6) is 0 Å². The summed E-state index contributed by atoms with van der Waals surface area (Å²) in [5, 5.41) is 20.0. The highest BCUT2D eigenvalue weighted by molar-refractivity contribution is 5.95. The molecule has 1 amide bonds. The summed E-state index contributed by atoms with van der Waals surface area (Å²) in [5.74, 6) is -0.294. The zero-order chi connectivity index (χ0) is 16.2. The van der Waals surface area contributed by atoms with Crippen LogP contribution in [0.4, 0.5) is 11.4 Å². The number of hydrogen-bond acceptors (Lipinski definition) is 5. The summed E-state index contributed by atoms with van der Waals surface area (Å²) in [5.41, 5.74) is 0.504. The van der Waals surface area contributed by atoms with Crippen LogP contribution in [0.2, 0.25) is 0 Å². The number of nitrogens with zero attached hydrogens (tertiary/aromatic N) is 4. The third-order valence-corrected chi connectivity index (χ3v) is 3.25. The number of rotatable bonds is 5. The van der Waals surface area contributed by atoms with Gasteiger partial charge in [0.25, 0.3) is 11.6 Å². The summed E-state index contributed by atoms with van der Waals surface area (Å²) in [6.45, 7) is 1.81. The minimum atomic E-state index is -0.517. The van der Waals surface area contributed by atoms with Gasteiger partial charge in [-0.3, -0.25) is 14.9 Å². The molecule has 0 saturated carbocycles. The Balaban J connectivity index is 3.26. The van der Waals surface area contributed by atoms with Crippen molar-refractivity contribution in [3.63, 3.8) is 0 Å². The van der Waals surface area contributed by atoms with Crippen molar-refractivity contribution in [3.05, 3.63) is 33.9 Å². The van der Waals surface area contributed by atoms with Gasteiger partial charge in [0.15, 0.2) is 0 Å². The Bertz CT molecular complexity index is 592. The molecule has 1 aromatic carbocycles. The number of nitriles is 1. The lowest BCUT2D eigenvalue weighted by molar-refractivity contribution is -0.384. The van der Waals surface area contributed by atoms with Crippen LogP contribution in [0, 0.1) is 21.4 Å². The monoisotopic (exact) mass is 290 g/mol. The summed E-state index contributed by atoms with van der Waals surface area (Å²) >= 11 is 0. The molecule has 0 heterocycles. The molecular formula is C14H18N4O3. The van der Waals surface area contributed by atoms with E-state index in [1.807, 2.05) is 13.0 Å². The highest BCUT2D eigenvalue weighted by Gasteiger charge is 2.23. The van der Waals surface area contributed by atoms with Gasteiger partial charge in [0.1, 0.15) is 5.69 Å². The Hall–Kier alpha value is -2.62. The molecule has 1 aromatic rings. The molecule has 1 atom stereocenters. The predicted octanol–water partition coefficient (Wildman–Crippen LogP) is 2.03. The van der Waals surface area contributed by atoms with E-state index in [4.69, 9.17) is 5.26 Å². The van der Waals surface area contributed by atoms with Gasteiger partial charge in [0, 0.05) is 38.8 Å². The van der Waals surface area contributed by atoms with Crippen LogP contribution < -0.4 is 4.90 Å². The first kappa shape index (κ1) is 16.4. The molecule has 1 unspecified atom stereocenters. The van der Waals surface area contributed by atoms with Crippen molar-refractivity contribution in [1.82, 2.24) is 4.90 Å². The molecule has 0 N–H and O–H groups in total. The van der Waals surface area contributed by atoms with Crippen molar-refractivity contribution in [3.8, 4) is 6.07 Å². The van der Waals surface area contributed by atoms with Gasteiger partial charge in [0.05, 0.1) is 17.4 Å². The second-order valence-corrected chi connectivity index (χ2v) is 4.98. The van der Waals surface area contributed by atoms with Crippen LogP contribution in [-0.4, -0.2) is 42.9 Å². The van der Waals surface area contributed by atoms with E-state index in [0.29, 0.717) is 5.69 Å². The molecule has 7 nitrogen and oxygen atoms in total. The third kappa shape index (κ3) is 3.69. The summed E-state index contributed by atoms with van der Waals surface area (Å²) < 4.78 is 0. The highest BCUT2D eigenvalue weighted by Crippen LogP contribution is 2.30. The van der Waals surface area contributed by atoms with Crippen molar-refractivity contribution >= 4 is 17.3 Å². The van der Waals surface area contributed by atoms with Crippen LogP contribution in [0.25, 0.3) is 0 Å². The standard InChI is InChI=1S/C14H18N4O3/c1-10(7-8-15)17(4)12-6-5-11(14(19)16(2)3)9-13(12)18(20)21/h5-6,9-10H,7H2,1-4H3. The summed E-state index contributed by atoms with van der Waals surface area (Å²) in [7, 11) is 4.87. The molecule has 1 rings (SSSR count). The molecular weight excluding hydrogens is 272 g/mol. The molecule has 21 heavy (non-hydrogen) atoms. The predicted molar refractivity (Wildman–Crippen MR) is 79.2 cm³/mol. The Morgan fingerprint density at radius 2 is 2.05 bits per heavy atom. The molecule has 0 aliphatic carbocycles.